The normalized spacial score (nSPS) is 13.1. The maximum Gasteiger partial charge on any atom is 0.350 e. The molecule has 0 aromatic rings. The average Bonchev–Trinajstić information content (AvgIpc) is 3.32. The van der Waals surface area contributed by atoms with Gasteiger partial charge in [-0.25, -0.2) is 24.0 Å². The third-order valence-corrected chi connectivity index (χ3v) is 11.3. The second-order valence-corrected chi connectivity index (χ2v) is 23.5. The summed E-state index contributed by atoms with van der Waals surface area (Å²) < 4.78 is 51.1. The molecule has 1 fully saturated rings. The van der Waals surface area contributed by atoms with E-state index in [0.717, 1.165) is 32.1 Å². The van der Waals surface area contributed by atoms with Crippen molar-refractivity contribution in [2.75, 3.05) is 6.61 Å². The van der Waals surface area contributed by atoms with Crippen molar-refractivity contribution in [1.29, 1.82) is 0 Å². The summed E-state index contributed by atoms with van der Waals surface area (Å²) in [4.78, 5) is 114. The molecule has 1 aliphatic carbocycles. The lowest BCUT2D eigenvalue weighted by molar-refractivity contribution is -0.187. The predicted octanol–water partition coefficient (Wildman–Crippen LogP) is 11.3. The molecule has 1 atom stereocenters. The fourth-order valence-electron chi connectivity index (χ4n) is 4.87. The third-order valence-electron chi connectivity index (χ3n) is 11.3. The number of rotatable bonds is 24. The maximum absolute atomic E-state index is 11.8. The summed E-state index contributed by atoms with van der Waals surface area (Å²) in [5, 5.41) is 0. The number of hydrogen-bond acceptors (Lipinski definition) is 20. The first-order chi connectivity index (χ1) is 35.7. The van der Waals surface area contributed by atoms with Crippen LogP contribution in [0.5, 0.6) is 0 Å². The second-order valence-electron chi connectivity index (χ2n) is 23.5. The molecule has 0 aromatic heterocycles. The minimum Gasteiger partial charge on any atom is -0.462 e. The molecule has 0 bridgehead atoms. The number of carbonyl (C=O) groups excluding carboxylic acids is 10. The Kier molecular flexibility index (Phi) is 37.4. The Hall–Kier alpha value is -5.30. The summed E-state index contributed by atoms with van der Waals surface area (Å²) in [6, 6.07) is 0. The van der Waals surface area contributed by atoms with E-state index in [0.29, 0.717) is 13.0 Å². The molecule has 1 saturated carbocycles. The molecule has 0 amide bonds. The molecule has 20 nitrogen and oxygen atoms in total. The topological polar surface area (TPSA) is 263 Å². The Morgan fingerprint density at radius 3 is 0.975 bits per heavy atom. The first-order valence-corrected chi connectivity index (χ1v) is 27.9. The Balaban J connectivity index is -0.000000445. The fourth-order valence-corrected chi connectivity index (χ4v) is 4.87. The van der Waals surface area contributed by atoms with Crippen molar-refractivity contribution in [2.45, 2.75) is 303 Å². The largest absolute Gasteiger partial charge is 0.462 e. The fraction of sp³-hybridized carbons (Fsp3) is 0.831. The zero-order valence-electron chi connectivity index (χ0n) is 53.5. The highest BCUT2D eigenvalue weighted by Crippen LogP contribution is 2.26. The lowest BCUT2D eigenvalue weighted by atomic mass is 9.96. The van der Waals surface area contributed by atoms with Crippen LogP contribution in [-0.4, -0.2) is 118 Å². The molecule has 79 heavy (non-hydrogen) atoms. The second kappa shape index (κ2) is 36.9. The van der Waals surface area contributed by atoms with E-state index in [4.69, 9.17) is 47.4 Å². The van der Waals surface area contributed by atoms with E-state index in [1.54, 1.807) is 62.3 Å². The van der Waals surface area contributed by atoms with Gasteiger partial charge in [-0.2, -0.15) is 0 Å². The zero-order valence-corrected chi connectivity index (χ0v) is 53.5. The van der Waals surface area contributed by atoms with Crippen LogP contribution in [0.3, 0.4) is 0 Å². The number of ether oxygens (including phenoxy) is 10. The van der Waals surface area contributed by atoms with Crippen molar-refractivity contribution >= 4 is 59.7 Å². The van der Waals surface area contributed by atoms with E-state index in [2.05, 4.69) is 0 Å². The van der Waals surface area contributed by atoms with Crippen molar-refractivity contribution in [2.24, 2.45) is 11.3 Å². The SMILES string of the molecule is CCC(=O)OC(C)(C)C(=O)OC(C)(C)CC.CCC(=O)OC(C)(C)C(=O)OC(C)C(C)C.CCC(=O)OC(C)(C)C(=O)OC(CC)CC.CCC(=O)OC(C)(C)C(=O)OC1CCC1.CCC(=O)OC(C)(C)C(=O)OCC(C)(C)C. The minimum atomic E-state index is -1.22. The first-order valence-electron chi connectivity index (χ1n) is 27.9. The van der Waals surface area contributed by atoms with Crippen LogP contribution in [0, 0.1) is 11.3 Å². The molecular formula is C59H106O20. The van der Waals surface area contributed by atoms with Gasteiger partial charge in [0.1, 0.15) is 23.9 Å². The van der Waals surface area contributed by atoms with Crippen LogP contribution in [0.25, 0.3) is 0 Å². The summed E-state index contributed by atoms with van der Waals surface area (Å²) in [6.45, 7) is 45.3. The van der Waals surface area contributed by atoms with E-state index in [-0.39, 0.29) is 67.7 Å². The first kappa shape index (κ1) is 80.2. The van der Waals surface area contributed by atoms with Gasteiger partial charge in [0.25, 0.3) is 0 Å². The zero-order chi connectivity index (χ0) is 63.1. The summed E-state index contributed by atoms with van der Waals surface area (Å²) in [5.41, 5.74) is -6.64. The quantitative estimate of drug-likeness (QED) is 0.0642. The van der Waals surface area contributed by atoms with Crippen molar-refractivity contribution in [3.8, 4) is 0 Å². The Morgan fingerprint density at radius 2 is 0.709 bits per heavy atom. The maximum atomic E-state index is 11.8. The Morgan fingerprint density at radius 1 is 0.405 bits per heavy atom. The molecule has 462 valence electrons. The number of hydrogen-bond donors (Lipinski definition) is 0. The van der Waals surface area contributed by atoms with Crippen molar-refractivity contribution < 1.29 is 95.3 Å². The van der Waals surface area contributed by atoms with Crippen LogP contribution in [0.2, 0.25) is 0 Å². The third kappa shape index (κ3) is 36.6. The highest BCUT2D eigenvalue weighted by atomic mass is 16.6. The van der Waals surface area contributed by atoms with Crippen LogP contribution < -0.4 is 0 Å². The Labute approximate surface area is 474 Å². The van der Waals surface area contributed by atoms with Crippen LogP contribution in [-0.2, 0) is 95.3 Å². The molecule has 0 aliphatic heterocycles. The average molecular weight is 1140 g/mol. The Bertz CT molecular complexity index is 1870. The highest BCUT2D eigenvalue weighted by molar-refractivity contribution is 5.85. The van der Waals surface area contributed by atoms with Crippen LogP contribution in [0.1, 0.15) is 251 Å². The van der Waals surface area contributed by atoms with Gasteiger partial charge in [-0.1, -0.05) is 90.0 Å². The van der Waals surface area contributed by atoms with Gasteiger partial charge in [0.2, 0.25) is 28.0 Å². The molecule has 20 heteroatoms. The lowest BCUT2D eigenvalue weighted by Gasteiger charge is -2.30. The smallest absolute Gasteiger partial charge is 0.350 e. The molecule has 0 spiro atoms. The van der Waals surface area contributed by atoms with Gasteiger partial charge in [0.05, 0.1) is 6.61 Å². The van der Waals surface area contributed by atoms with Crippen LogP contribution in [0.15, 0.2) is 0 Å². The lowest BCUT2D eigenvalue weighted by Crippen LogP contribution is -2.42. The molecule has 0 heterocycles. The molecule has 1 rings (SSSR count). The van der Waals surface area contributed by atoms with Crippen molar-refractivity contribution in [3.05, 3.63) is 0 Å². The molecule has 0 aromatic carbocycles. The predicted molar refractivity (Wildman–Crippen MR) is 298 cm³/mol. The molecule has 0 N–H and O–H groups in total. The van der Waals surface area contributed by atoms with Gasteiger partial charge in [-0.3, -0.25) is 24.0 Å². The summed E-state index contributed by atoms with van der Waals surface area (Å²) in [7, 11) is 0. The van der Waals surface area contributed by atoms with Crippen molar-refractivity contribution in [1.82, 2.24) is 0 Å². The molecule has 1 aliphatic rings. The monoisotopic (exact) mass is 1130 g/mol. The van der Waals surface area contributed by atoms with Gasteiger partial charge < -0.3 is 47.4 Å². The van der Waals surface area contributed by atoms with Gasteiger partial charge >= 0.3 is 59.7 Å². The molecular weight excluding hydrogens is 1030 g/mol. The van der Waals surface area contributed by atoms with Crippen molar-refractivity contribution in [3.63, 3.8) is 0 Å². The minimum absolute atomic E-state index is 0.0251. The van der Waals surface area contributed by atoms with E-state index in [1.807, 2.05) is 76.2 Å². The number of carbonyl (C=O) groups is 10. The van der Waals surface area contributed by atoms with E-state index >= 15 is 0 Å². The summed E-state index contributed by atoms with van der Waals surface area (Å²) >= 11 is 0. The summed E-state index contributed by atoms with van der Waals surface area (Å²) in [6.07, 6.45) is 6.16. The molecule has 1 unspecified atom stereocenters. The van der Waals surface area contributed by atoms with E-state index < -0.39 is 87.3 Å². The van der Waals surface area contributed by atoms with Gasteiger partial charge in [0.15, 0.2) is 0 Å². The van der Waals surface area contributed by atoms with E-state index in [9.17, 15) is 47.9 Å². The van der Waals surface area contributed by atoms with Gasteiger partial charge in [-0.05, 0) is 140 Å². The standard InChI is InChI=1S/4C12H22O4.C11H18O4/c1-7-9(13)16-12(5,6)10(14)15-8-11(2,3)4;1-7-9(13)15-12(5,6)10(14)16-11(3,4)8-2;1-7-10(13)16-12(5,6)11(14)15-9(4)8(2)3;1-6-9(7-2)15-11(14)12(4,5)16-10(13)8-3;1-4-9(12)15-11(2,3)10(13)14-8-6-5-7-8/h2*7-8H2,1-6H3;8-9H,7H2,1-6H3;9H,6-8H2,1-5H3;8H,4-7H2,1-3H3. The van der Waals surface area contributed by atoms with E-state index in [1.165, 1.54) is 41.5 Å². The highest BCUT2D eigenvalue weighted by Gasteiger charge is 2.39. The number of esters is 10. The van der Waals surface area contributed by atoms with Gasteiger partial charge in [0, 0.05) is 32.1 Å². The van der Waals surface area contributed by atoms with Crippen LogP contribution in [0.4, 0.5) is 0 Å². The molecule has 0 radical (unpaired) electrons. The van der Waals surface area contributed by atoms with Crippen LogP contribution >= 0.6 is 0 Å². The summed E-state index contributed by atoms with van der Waals surface area (Å²) in [5.74, 6) is -4.22. The molecule has 0 saturated heterocycles. The van der Waals surface area contributed by atoms with Gasteiger partial charge in [-0.15, -0.1) is 0 Å².